The number of aliphatic carboxylic acids is 1. The number of carbonyl (C=O) groups is 1. The standard InChI is InChI=1S/C16H23NO3/c1-10-3-4-12(9-11(10)2)16(20)14(7-8-15(18)19)17-13-5-6-13/h3-4,9,13-14,16-17,20H,5-8H2,1-2H3,(H,18,19). The van der Waals surface area contributed by atoms with E-state index in [1.54, 1.807) is 0 Å². The van der Waals surface area contributed by atoms with Gasteiger partial charge in [-0.1, -0.05) is 18.2 Å². The molecule has 110 valence electrons. The van der Waals surface area contributed by atoms with E-state index in [2.05, 4.69) is 5.32 Å². The van der Waals surface area contributed by atoms with E-state index in [1.165, 1.54) is 5.56 Å². The van der Waals surface area contributed by atoms with Gasteiger partial charge in [0, 0.05) is 18.5 Å². The molecular weight excluding hydrogens is 254 g/mol. The van der Waals surface area contributed by atoms with Gasteiger partial charge in [0.2, 0.25) is 0 Å². The summed E-state index contributed by atoms with van der Waals surface area (Å²) in [5.41, 5.74) is 3.19. The monoisotopic (exact) mass is 277 g/mol. The second-order valence-electron chi connectivity index (χ2n) is 5.77. The highest BCUT2D eigenvalue weighted by molar-refractivity contribution is 5.66. The first-order valence-corrected chi connectivity index (χ1v) is 7.20. The Morgan fingerprint density at radius 1 is 1.35 bits per heavy atom. The van der Waals surface area contributed by atoms with Crippen molar-refractivity contribution in [3.63, 3.8) is 0 Å². The molecule has 0 spiro atoms. The molecule has 0 heterocycles. The molecule has 1 aliphatic carbocycles. The largest absolute Gasteiger partial charge is 0.481 e. The Labute approximate surface area is 119 Å². The number of hydrogen-bond acceptors (Lipinski definition) is 3. The van der Waals surface area contributed by atoms with Crippen LogP contribution < -0.4 is 5.32 Å². The fraction of sp³-hybridized carbons (Fsp3) is 0.562. The van der Waals surface area contributed by atoms with Crippen molar-refractivity contribution in [1.29, 1.82) is 0 Å². The van der Waals surface area contributed by atoms with Crippen LogP contribution in [0.1, 0.15) is 48.5 Å². The summed E-state index contributed by atoms with van der Waals surface area (Å²) in [5.74, 6) is -0.820. The summed E-state index contributed by atoms with van der Waals surface area (Å²) in [7, 11) is 0. The molecule has 0 amide bonds. The summed E-state index contributed by atoms with van der Waals surface area (Å²) in [4.78, 5) is 10.8. The number of carboxylic acid groups (broad SMARTS) is 1. The van der Waals surface area contributed by atoms with E-state index in [9.17, 15) is 9.90 Å². The van der Waals surface area contributed by atoms with Crippen LogP contribution in [0.4, 0.5) is 0 Å². The molecule has 1 saturated carbocycles. The van der Waals surface area contributed by atoms with Crippen LogP contribution in [0.25, 0.3) is 0 Å². The third-order valence-electron chi connectivity index (χ3n) is 3.95. The Kier molecular flexibility index (Phi) is 4.78. The molecule has 1 fully saturated rings. The van der Waals surface area contributed by atoms with Crippen molar-refractivity contribution >= 4 is 5.97 Å². The lowest BCUT2D eigenvalue weighted by Gasteiger charge is -2.24. The first-order chi connectivity index (χ1) is 9.47. The average molecular weight is 277 g/mol. The van der Waals surface area contributed by atoms with E-state index in [4.69, 9.17) is 5.11 Å². The first-order valence-electron chi connectivity index (χ1n) is 7.20. The third kappa shape index (κ3) is 4.05. The van der Waals surface area contributed by atoms with Crippen molar-refractivity contribution in [2.75, 3.05) is 0 Å². The Balaban J connectivity index is 2.08. The zero-order valence-corrected chi connectivity index (χ0v) is 12.1. The SMILES string of the molecule is Cc1ccc(C(O)C(CCC(=O)O)NC2CC2)cc1C. The highest BCUT2D eigenvalue weighted by atomic mass is 16.4. The van der Waals surface area contributed by atoms with Gasteiger partial charge in [-0.25, -0.2) is 0 Å². The van der Waals surface area contributed by atoms with E-state index in [-0.39, 0.29) is 12.5 Å². The van der Waals surface area contributed by atoms with Crippen molar-refractivity contribution in [3.8, 4) is 0 Å². The average Bonchev–Trinajstić information content (AvgIpc) is 3.20. The van der Waals surface area contributed by atoms with Crippen LogP contribution in [0.3, 0.4) is 0 Å². The van der Waals surface area contributed by atoms with Crippen LogP contribution in [-0.2, 0) is 4.79 Å². The molecule has 3 N–H and O–H groups in total. The van der Waals surface area contributed by atoms with Crippen molar-refractivity contribution in [3.05, 3.63) is 34.9 Å². The molecule has 0 aromatic heterocycles. The summed E-state index contributed by atoms with van der Waals surface area (Å²) < 4.78 is 0. The maximum Gasteiger partial charge on any atom is 0.303 e. The minimum Gasteiger partial charge on any atom is -0.481 e. The molecule has 1 aromatic carbocycles. The van der Waals surface area contributed by atoms with Gasteiger partial charge < -0.3 is 15.5 Å². The van der Waals surface area contributed by atoms with E-state index < -0.39 is 12.1 Å². The fourth-order valence-corrected chi connectivity index (χ4v) is 2.34. The number of nitrogens with one attached hydrogen (secondary N) is 1. The highest BCUT2D eigenvalue weighted by Gasteiger charge is 2.29. The van der Waals surface area contributed by atoms with E-state index in [0.717, 1.165) is 24.0 Å². The zero-order valence-electron chi connectivity index (χ0n) is 12.1. The van der Waals surface area contributed by atoms with Crippen LogP contribution >= 0.6 is 0 Å². The van der Waals surface area contributed by atoms with Crippen LogP contribution in [0.15, 0.2) is 18.2 Å². The number of aliphatic hydroxyl groups is 1. The second kappa shape index (κ2) is 6.37. The molecule has 4 heteroatoms. The van der Waals surface area contributed by atoms with Gasteiger partial charge in [0.15, 0.2) is 0 Å². The van der Waals surface area contributed by atoms with Crippen molar-refractivity contribution < 1.29 is 15.0 Å². The van der Waals surface area contributed by atoms with E-state index >= 15 is 0 Å². The van der Waals surface area contributed by atoms with Gasteiger partial charge in [-0.15, -0.1) is 0 Å². The van der Waals surface area contributed by atoms with Gasteiger partial charge in [-0.2, -0.15) is 0 Å². The van der Waals surface area contributed by atoms with Crippen molar-refractivity contribution in [1.82, 2.24) is 5.32 Å². The number of hydrogen-bond donors (Lipinski definition) is 3. The fourth-order valence-electron chi connectivity index (χ4n) is 2.34. The van der Waals surface area contributed by atoms with Crippen molar-refractivity contribution in [2.24, 2.45) is 0 Å². The Morgan fingerprint density at radius 2 is 2.05 bits per heavy atom. The van der Waals surface area contributed by atoms with Gasteiger partial charge in [-0.05, 0) is 49.8 Å². The molecule has 2 rings (SSSR count). The normalized spacial score (nSPS) is 17.8. The summed E-state index contributed by atoms with van der Waals surface area (Å²) in [6.45, 7) is 4.06. The number of carboxylic acids is 1. The van der Waals surface area contributed by atoms with Crippen molar-refractivity contribution in [2.45, 2.75) is 57.7 Å². The number of rotatable bonds is 7. The van der Waals surface area contributed by atoms with Crippen LogP contribution in [0.2, 0.25) is 0 Å². The predicted octanol–water partition coefficient (Wildman–Crippen LogP) is 2.32. The van der Waals surface area contributed by atoms with Gasteiger partial charge in [-0.3, -0.25) is 4.79 Å². The highest BCUT2D eigenvalue weighted by Crippen LogP contribution is 2.27. The molecule has 4 nitrogen and oxygen atoms in total. The predicted molar refractivity (Wildman–Crippen MR) is 77.7 cm³/mol. The summed E-state index contributed by atoms with van der Waals surface area (Å²) in [6.07, 6.45) is 2.09. The molecule has 2 atom stereocenters. The lowest BCUT2D eigenvalue weighted by atomic mass is 9.95. The lowest BCUT2D eigenvalue weighted by Crippen LogP contribution is -2.37. The number of benzene rings is 1. The van der Waals surface area contributed by atoms with Gasteiger partial charge in [0.05, 0.1) is 6.10 Å². The van der Waals surface area contributed by atoms with Gasteiger partial charge in [0.1, 0.15) is 0 Å². The van der Waals surface area contributed by atoms with Gasteiger partial charge in [0.25, 0.3) is 0 Å². The van der Waals surface area contributed by atoms with E-state index in [0.29, 0.717) is 12.5 Å². The smallest absolute Gasteiger partial charge is 0.303 e. The Bertz CT molecular complexity index is 483. The second-order valence-corrected chi connectivity index (χ2v) is 5.77. The maximum atomic E-state index is 10.8. The topological polar surface area (TPSA) is 69.6 Å². The summed E-state index contributed by atoms with van der Waals surface area (Å²) in [6, 6.07) is 6.16. The number of aliphatic hydroxyl groups excluding tert-OH is 1. The molecule has 0 radical (unpaired) electrons. The molecular formula is C16H23NO3. The molecule has 1 aromatic rings. The molecule has 0 bridgehead atoms. The minimum atomic E-state index is -0.820. The third-order valence-corrected chi connectivity index (χ3v) is 3.95. The molecule has 0 saturated heterocycles. The molecule has 0 aliphatic heterocycles. The molecule has 2 unspecified atom stereocenters. The van der Waals surface area contributed by atoms with Crippen LogP contribution in [-0.4, -0.2) is 28.3 Å². The Morgan fingerprint density at radius 3 is 2.60 bits per heavy atom. The minimum absolute atomic E-state index is 0.0757. The quantitative estimate of drug-likeness (QED) is 0.715. The maximum absolute atomic E-state index is 10.8. The van der Waals surface area contributed by atoms with E-state index in [1.807, 2.05) is 32.0 Å². The van der Waals surface area contributed by atoms with Crippen LogP contribution in [0.5, 0.6) is 0 Å². The Hall–Kier alpha value is -1.39. The first kappa shape index (κ1) is 15.0. The lowest BCUT2D eigenvalue weighted by molar-refractivity contribution is -0.137. The summed E-state index contributed by atoms with van der Waals surface area (Å²) >= 11 is 0. The van der Waals surface area contributed by atoms with Crippen LogP contribution in [0, 0.1) is 13.8 Å². The molecule has 20 heavy (non-hydrogen) atoms. The van der Waals surface area contributed by atoms with Gasteiger partial charge >= 0.3 is 5.97 Å². The zero-order chi connectivity index (χ0) is 14.7. The molecule has 1 aliphatic rings. The summed E-state index contributed by atoms with van der Waals surface area (Å²) in [5, 5.41) is 22.7. The number of aryl methyl sites for hydroxylation is 2.